The van der Waals surface area contributed by atoms with E-state index in [1.54, 1.807) is 12.2 Å². The minimum absolute atomic E-state index is 0.0910. The smallest absolute Gasteiger partial charge is 0.222 e. The number of rotatable bonds is 25. The molecule has 0 aromatic carbocycles. The number of ether oxygens (including phenoxy) is 4. The van der Waals surface area contributed by atoms with Crippen LogP contribution in [0.1, 0.15) is 45.4 Å². The summed E-state index contributed by atoms with van der Waals surface area (Å²) in [6.45, 7) is 15.1. The first-order valence-electron chi connectivity index (χ1n) is 12.8. The van der Waals surface area contributed by atoms with Crippen molar-refractivity contribution in [2.75, 3.05) is 46.4 Å². The highest BCUT2D eigenvalue weighted by atomic mass is 16.9. The monoisotopic (exact) mass is 527 g/mol. The summed E-state index contributed by atoms with van der Waals surface area (Å²) in [6.07, 6.45) is 12.2. The highest BCUT2D eigenvalue weighted by Crippen LogP contribution is 2.17. The van der Waals surface area contributed by atoms with E-state index in [-0.39, 0.29) is 36.1 Å². The van der Waals surface area contributed by atoms with Gasteiger partial charge in [0.15, 0.2) is 12.4 Å². The highest BCUT2D eigenvalue weighted by Gasteiger charge is 2.31. The summed E-state index contributed by atoms with van der Waals surface area (Å²) in [5, 5.41) is 25.1. The van der Waals surface area contributed by atoms with Gasteiger partial charge in [-0.2, -0.15) is 15.5 Å². The topological polar surface area (TPSA) is 122 Å². The Labute approximate surface area is 221 Å². The van der Waals surface area contributed by atoms with E-state index in [0.29, 0.717) is 45.2 Å². The summed E-state index contributed by atoms with van der Waals surface area (Å²) in [7, 11) is 0. The molecule has 0 amide bonds. The summed E-state index contributed by atoms with van der Waals surface area (Å²) < 4.78 is 20.8. The Morgan fingerprint density at radius 1 is 0.784 bits per heavy atom. The minimum atomic E-state index is -0.550. The third-order valence-corrected chi connectivity index (χ3v) is 5.41. The molecule has 11 nitrogen and oxygen atoms in total. The quantitative estimate of drug-likeness (QED) is 0.0706. The molecule has 0 aliphatic heterocycles. The normalized spacial score (nSPS) is 18.8. The van der Waals surface area contributed by atoms with E-state index in [2.05, 4.69) is 25.2 Å². The molecule has 4 atom stereocenters. The van der Waals surface area contributed by atoms with Gasteiger partial charge in [-0.25, -0.2) is 0 Å². The second-order valence-electron chi connectivity index (χ2n) is 8.36. The van der Waals surface area contributed by atoms with Crippen LogP contribution < -0.4 is 15.8 Å². The number of hydrogen-bond donors (Lipinski definition) is 3. The first-order valence-corrected chi connectivity index (χ1v) is 12.8. The fourth-order valence-corrected chi connectivity index (χ4v) is 3.37. The molecule has 1 aliphatic rings. The first kappa shape index (κ1) is 32.8. The SMILES string of the molecule is C=COCCCCOC[NH+]([O-])C1=CC(C)C(NOCCCCOC=C)C=C1[NH+]([O-])OCCCCOC=C. The lowest BCUT2D eigenvalue weighted by atomic mass is 9.94. The van der Waals surface area contributed by atoms with Gasteiger partial charge in [0.25, 0.3) is 0 Å². The summed E-state index contributed by atoms with van der Waals surface area (Å²) >= 11 is 0. The Kier molecular flexibility index (Phi) is 19.4. The molecule has 4 unspecified atom stereocenters. The van der Waals surface area contributed by atoms with Crippen LogP contribution in [0, 0.1) is 16.3 Å². The molecule has 37 heavy (non-hydrogen) atoms. The zero-order chi connectivity index (χ0) is 27.1. The molecule has 0 bridgehead atoms. The van der Waals surface area contributed by atoms with Gasteiger partial charge in [-0.3, -0.25) is 0 Å². The fourth-order valence-electron chi connectivity index (χ4n) is 3.37. The average molecular weight is 528 g/mol. The Morgan fingerprint density at radius 3 is 1.92 bits per heavy atom. The van der Waals surface area contributed by atoms with Crippen LogP contribution in [-0.4, -0.2) is 52.4 Å². The van der Waals surface area contributed by atoms with Gasteiger partial charge in [-0.15, -0.1) is 0 Å². The first-order chi connectivity index (χ1) is 18.0. The van der Waals surface area contributed by atoms with Crippen molar-refractivity contribution in [1.29, 1.82) is 0 Å². The Hall–Kier alpha value is -2.22. The van der Waals surface area contributed by atoms with E-state index in [4.69, 9.17) is 28.6 Å². The Balaban J connectivity index is 2.67. The van der Waals surface area contributed by atoms with Crippen molar-refractivity contribution >= 4 is 0 Å². The Morgan fingerprint density at radius 2 is 1.32 bits per heavy atom. The molecule has 0 saturated heterocycles. The van der Waals surface area contributed by atoms with Crippen molar-refractivity contribution in [3.05, 3.63) is 72.5 Å². The lowest BCUT2D eigenvalue weighted by molar-refractivity contribution is -1.03. The van der Waals surface area contributed by atoms with Crippen LogP contribution in [0.25, 0.3) is 0 Å². The summed E-state index contributed by atoms with van der Waals surface area (Å²) in [4.78, 5) is 11.0. The van der Waals surface area contributed by atoms with Crippen LogP contribution in [0.3, 0.4) is 0 Å². The largest absolute Gasteiger partial charge is 0.627 e. The molecule has 0 spiro atoms. The summed E-state index contributed by atoms with van der Waals surface area (Å²) in [5.41, 5.74) is 3.52. The van der Waals surface area contributed by atoms with Gasteiger partial charge >= 0.3 is 0 Å². The Bertz CT molecular complexity index is 689. The van der Waals surface area contributed by atoms with E-state index in [1.807, 2.05) is 6.92 Å². The third kappa shape index (κ3) is 14.9. The maximum atomic E-state index is 13.0. The molecular formula is C26H45N3O8. The molecule has 0 aromatic heterocycles. The molecule has 11 heteroatoms. The van der Waals surface area contributed by atoms with Crippen LogP contribution >= 0.6 is 0 Å². The van der Waals surface area contributed by atoms with Crippen LogP contribution in [0.2, 0.25) is 0 Å². The fraction of sp³-hybridized carbons (Fsp3) is 0.615. The zero-order valence-corrected chi connectivity index (χ0v) is 22.1. The number of nitrogens with one attached hydrogen (secondary N) is 3. The molecule has 0 saturated carbocycles. The van der Waals surface area contributed by atoms with Crippen LogP contribution in [-0.2, 0) is 28.6 Å². The maximum Gasteiger partial charge on any atom is 0.222 e. The second-order valence-corrected chi connectivity index (χ2v) is 8.36. The number of quaternary nitrogens is 2. The highest BCUT2D eigenvalue weighted by molar-refractivity contribution is 5.26. The second kappa shape index (κ2) is 21.8. The van der Waals surface area contributed by atoms with Gasteiger partial charge < -0.3 is 39.3 Å². The van der Waals surface area contributed by atoms with Crippen LogP contribution in [0.15, 0.2) is 62.1 Å². The van der Waals surface area contributed by atoms with Crippen LogP contribution in [0.5, 0.6) is 0 Å². The zero-order valence-electron chi connectivity index (χ0n) is 22.1. The van der Waals surface area contributed by atoms with Crippen molar-refractivity contribution in [2.45, 2.75) is 51.5 Å². The summed E-state index contributed by atoms with van der Waals surface area (Å²) in [5.74, 6) is -0.0910. The number of hydrogen-bond acceptors (Lipinski definition) is 9. The molecule has 0 aromatic rings. The minimum Gasteiger partial charge on any atom is -0.627 e. The van der Waals surface area contributed by atoms with Crippen LogP contribution in [0.4, 0.5) is 0 Å². The van der Waals surface area contributed by atoms with Crippen molar-refractivity contribution in [3.63, 3.8) is 0 Å². The summed E-state index contributed by atoms with van der Waals surface area (Å²) in [6, 6.07) is -0.296. The van der Waals surface area contributed by atoms with E-state index in [1.165, 1.54) is 18.8 Å². The molecule has 1 aliphatic carbocycles. The van der Waals surface area contributed by atoms with Crippen molar-refractivity contribution < 1.29 is 38.9 Å². The van der Waals surface area contributed by atoms with Gasteiger partial charge in [0.1, 0.15) is 6.61 Å². The lowest BCUT2D eigenvalue weighted by Gasteiger charge is -2.33. The van der Waals surface area contributed by atoms with E-state index in [9.17, 15) is 10.4 Å². The lowest BCUT2D eigenvalue weighted by Crippen LogP contribution is -3.13. The molecule has 212 valence electrons. The molecule has 3 N–H and O–H groups in total. The van der Waals surface area contributed by atoms with Gasteiger partial charge in [0.2, 0.25) is 5.70 Å². The molecule has 0 heterocycles. The molecular weight excluding hydrogens is 482 g/mol. The third-order valence-electron chi connectivity index (χ3n) is 5.41. The van der Waals surface area contributed by atoms with Crippen molar-refractivity contribution in [1.82, 2.24) is 5.48 Å². The van der Waals surface area contributed by atoms with Crippen molar-refractivity contribution in [3.8, 4) is 0 Å². The molecule has 1 rings (SSSR count). The average Bonchev–Trinajstić information content (AvgIpc) is 2.89. The van der Waals surface area contributed by atoms with E-state index in [0.717, 1.165) is 32.1 Å². The standard InChI is InChI=1S/C26H45N3O8/c1-5-32-14-8-9-17-35-22-28(30)25-20-23(4)24(27-36-18-12-10-15-33-6-2)21-26(25)29(31)37-19-13-11-16-34-7-3/h5-7,20-21,23-24,27-29H,1-3,8-19,22H2,4H3. The predicted octanol–water partition coefficient (Wildman–Crippen LogP) is 1.79. The van der Waals surface area contributed by atoms with Gasteiger partial charge in [0, 0.05) is 12.0 Å². The number of hydroxylamine groups is 5. The number of unbranched alkanes of at least 4 members (excludes halogenated alkanes) is 3. The maximum absolute atomic E-state index is 13.0. The predicted molar refractivity (Wildman–Crippen MR) is 140 cm³/mol. The van der Waals surface area contributed by atoms with Crippen molar-refractivity contribution in [2.24, 2.45) is 5.92 Å². The molecule has 0 fully saturated rings. The van der Waals surface area contributed by atoms with Gasteiger partial charge in [-0.1, -0.05) is 26.7 Å². The van der Waals surface area contributed by atoms with Gasteiger partial charge in [0.05, 0.1) is 57.9 Å². The molecule has 0 radical (unpaired) electrons. The van der Waals surface area contributed by atoms with E-state index < -0.39 is 5.23 Å². The van der Waals surface area contributed by atoms with E-state index >= 15 is 0 Å². The van der Waals surface area contributed by atoms with Gasteiger partial charge in [-0.05, 0) is 44.6 Å².